The number of aromatic nitrogens is 3. The van der Waals surface area contributed by atoms with Crippen molar-refractivity contribution in [1.29, 1.82) is 0 Å². The van der Waals surface area contributed by atoms with Gasteiger partial charge in [0.25, 0.3) is 0 Å². The summed E-state index contributed by atoms with van der Waals surface area (Å²) in [6.07, 6.45) is -2.35. The third-order valence-corrected chi connectivity index (χ3v) is 8.71. The summed E-state index contributed by atoms with van der Waals surface area (Å²) >= 11 is 1.36. The second kappa shape index (κ2) is 10.5. The molecule has 0 fully saturated rings. The summed E-state index contributed by atoms with van der Waals surface area (Å²) in [4.78, 5) is 28.5. The molecule has 3 aromatic rings. The van der Waals surface area contributed by atoms with E-state index in [0.717, 1.165) is 22.8 Å². The third-order valence-electron chi connectivity index (χ3n) is 6.02. The lowest BCUT2D eigenvalue weighted by molar-refractivity contribution is -0.137. The number of hydrogen-bond donors (Lipinski definition) is 1. The van der Waals surface area contributed by atoms with Gasteiger partial charge in [0.15, 0.2) is 15.0 Å². The van der Waals surface area contributed by atoms with Gasteiger partial charge in [-0.2, -0.15) is 13.2 Å². The van der Waals surface area contributed by atoms with Gasteiger partial charge < -0.3 is 5.32 Å². The van der Waals surface area contributed by atoms with Crippen LogP contribution in [0.1, 0.15) is 54.3 Å². The van der Waals surface area contributed by atoms with Crippen LogP contribution in [0.25, 0.3) is 0 Å². The van der Waals surface area contributed by atoms with Crippen LogP contribution in [0.4, 0.5) is 18.3 Å². The molecule has 0 spiro atoms. The number of carbonyl (C=O) groups is 1. The van der Waals surface area contributed by atoms with Crippen molar-refractivity contribution in [3.05, 3.63) is 64.2 Å². The van der Waals surface area contributed by atoms with Crippen LogP contribution in [0.3, 0.4) is 0 Å². The number of anilines is 1. The highest BCUT2D eigenvalue weighted by Crippen LogP contribution is 2.43. The van der Waals surface area contributed by atoms with Gasteiger partial charge in [0.1, 0.15) is 0 Å². The average molecular weight is 554 g/mol. The van der Waals surface area contributed by atoms with E-state index in [0.29, 0.717) is 29.6 Å². The van der Waals surface area contributed by atoms with Crippen LogP contribution < -0.4 is 5.32 Å². The zero-order valence-corrected chi connectivity index (χ0v) is 22.0. The Labute approximate surface area is 216 Å². The maximum absolute atomic E-state index is 12.8. The van der Waals surface area contributed by atoms with Gasteiger partial charge in [-0.1, -0.05) is 20.8 Å². The van der Waals surface area contributed by atoms with Crippen LogP contribution in [0.5, 0.6) is 0 Å². The van der Waals surface area contributed by atoms with Crippen LogP contribution in [0, 0.1) is 5.92 Å². The number of hydrogen-bond acceptors (Lipinski definition) is 8. The molecule has 198 valence electrons. The van der Waals surface area contributed by atoms with E-state index >= 15 is 0 Å². The Morgan fingerprint density at radius 3 is 2.43 bits per heavy atom. The number of pyridine rings is 2. The maximum atomic E-state index is 12.8. The zero-order valence-electron chi connectivity index (χ0n) is 20.4. The van der Waals surface area contributed by atoms with E-state index in [1.165, 1.54) is 35.7 Å². The quantitative estimate of drug-likeness (QED) is 0.433. The largest absolute Gasteiger partial charge is 0.417 e. The van der Waals surface area contributed by atoms with E-state index in [1.807, 2.05) is 13.8 Å². The number of amides is 1. The molecule has 1 aliphatic heterocycles. The van der Waals surface area contributed by atoms with Crippen LogP contribution in [-0.4, -0.2) is 39.9 Å². The molecule has 1 atom stereocenters. The summed E-state index contributed by atoms with van der Waals surface area (Å²) in [7, 11) is -3.36. The van der Waals surface area contributed by atoms with Gasteiger partial charge >= 0.3 is 6.18 Å². The average Bonchev–Trinajstić information content (AvgIpc) is 3.35. The smallest absolute Gasteiger partial charge is 0.302 e. The molecule has 1 aliphatic rings. The first-order valence-electron chi connectivity index (χ1n) is 11.6. The molecule has 13 heteroatoms. The van der Waals surface area contributed by atoms with Crippen LogP contribution in [0.15, 0.2) is 41.6 Å². The lowest BCUT2D eigenvalue weighted by Crippen LogP contribution is -2.26. The Morgan fingerprint density at radius 2 is 1.86 bits per heavy atom. The van der Waals surface area contributed by atoms with E-state index in [-0.39, 0.29) is 34.9 Å². The Bertz CT molecular complexity index is 1370. The normalized spacial score (nSPS) is 16.2. The Hall–Kier alpha value is -2.90. The topological polar surface area (TPSA) is 105 Å². The van der Waals surface area contributed by atoms with Gasteiger partial charge in [-0.05, 0) is 30.2 Å². The lowest BCUT2D eigenvalue weighted by Gasteiger charge is -2.27. The van der Waals surface area contributed by atoms with Crippen molar-refractivity contribution in [2.75, 3.05) is 11.1 Å². The standard InChI is InChI=1S/C24H26F3N5O3S2/c1-4-37(34,35)18-8-7-16(29-11-18)9-20(33)30-23-31-21-19(36-23)13-32(22(21)14(2)3)12-17-6-5-15(10-28-17)24(25,26)27/h5-8,10-11,14,22H,4,9,12-13H2,1-3H3,(H,30,31,33)/t22-/m0/s1. The first kappa shape index (κ1) is 27.1. The van der Waals surface area contributed by atoms with Gasteiger partial charge in [-0.3, -0.25) is 19.7 Å². The first-order valence-corrected chi connectivity index (χ1v) is 14.1. The number of nitrogens with one attached hydrogen (secondary N) is 1. The van der Waals surface area contributed by atoms with Gasteiger partial charge in [-0.15, -0.1) is 11.3 Å². The Balaban J connectivity index is 1.41. The van der Waals surface area contributed by atoms with E-state index in [1.54, 1.807) is 6.92 Å². The van der Waals surface area contributed by atoms with E-state index < -0.39 is 21.6 Å². The Kier molecular flexibility index (Phi) is 7.67. The molecular formula is C24H26F3N5O3S2. The van der Waals surface area contributed by atoms with Crippen LogP contribution in [-0.2, 0) is 40.3 Å². The minimum absolute atomic E-state index is 0.0289. The van der Waals surface area contributed by atoms with Crippen molar-refractivity contribution in [3.63, 3.8) is 0 Å². The number of thiazole rings is 1. The molecule has 0 aromatic carbocycles. The molecular weight excluding hydrogens is 527 g/mol. The van der Waals surface area contributed by atoms with Crippen molar-refractivity contribution >= 4 is 32.2 Å². The molecule has 0 radical (unpaired) electrons. The summed E-state index contributed by atoms with van der Waals surface area (Å²) in [5, 5.41) is 3.25. The van der Waals surface area contributed by atoms with Crippen molar-refractivity contribution < 1.29 is 26.4 Å². The molecule has 0 aliphatic carbocycles. The molecule has 1 N–H and O–H groups in total. The van der Waals surface area contributed by atoms with Crippen molar-refractivity contribution in [1.82, 2.24) is 19.9 Å². The second-order valence-electron chi connectivity index (χ2n) is 9.07. The highest BCUT2D eigenvalue weighted by molar-refractivity contribution is 7.91. The van der Waals surface area contributed by atoms with E-state index in [9.17, 15) is 26.4 Å². The maximum Gasteiger partial charge on any atom is 0.417 e. The fourth-order valence-corrected chi connectivity index (χ4v) is 6.06. The molecule has 0 saturated heterocycles. The number of halogens is 3. The number of alkyl halides is 3. The minimum Gasteiger partial charge on any atom is -0.302 e. The lowest BCUT2D eigenvalue weighted by atomic mass is 10.0. The number of nitrogens with zero attached hydrogens (tertiary/aromatic N) is 4. The predicted octanol–water partition coefficient (Wildman–Crippen LogP) is 4.64. The summed E-state index contributed by atoms with van der Waals surface area (Å²) in [6.45, 7) is 6.55. The third kappa shape index (κ3) is 6.16. The van der Waals surface area contributed by atoms with Gasteiger partial charge in [-0.25, -0.2) is 13.4 Å². The SMILES string of the molecule is CCS(=O)(=O)c1ccc(CC(=O)Nc2nc3c(s2)CN(Cc2ccc(C(F)(F)F)cn2)[C@H]3C(C)C)nc1. The highest BCUT2D eigenvalue weighted by atomic mass is 32.2. The van der Waals surface area contributed by atoms with Gasteiger partial charge in [0.05, 0.1) is 40.1 Å². The summed E-state index contributed by atoms with van der Waals surface area (Å²) in [6, 6.07) is 5.32. The molecule has 37 heavy (non-hydrogen) atoms. The monoisotopic (exact) mass is 553 g/mol. The van der Waals surface area contributed by atoms with Crippen molar-refractivity contribution in [2.45, 2.75) is 57.4 Å². The fourth-order valence-electron chi connectivity index (χ4n) is 4.20. The van der Waals surface area contributed by atoms with Crippen molar-refractivity contribution in [3.8, 4) is 0 Å². The van der Waals surface area contributed by atoms with Crippen LogP contribution >= 0.6 is 11.3 Å². The predicted molar refractivity (Wildman–Crippen MR) is 132 cm³/mol. The second-order valence-corrected chi connectivity index (χ2v) is 12.4. The van der Waals surface area contributed by atoms with Gasteiger partial charge in [0, 0.05) is 36.1 Å². The minimum atomic E-state index is -4.43. The molecule has 3 aromatic heterocycles. The molecule has 0 unspecified atom stereocenters. The number of sulfone groups is 1. The van der Waals surface area contributed by atoms with E-state index in [2.05, 4.69) is 25.2 Å². The first-order chi connectivity index (χ1) is 17.4. The van der Waals surface area contributed by atoms with Crippen LogP contribution in [0.2, 0.25) is 0 Å². The summed E-state index contributed by atoms with van der Waals surface area (Å²) in [5.74, 6) is -0.180. The molecule has 4 rings (SSSR count). The molecule has 4 heterocycles. The molecule has 0 saturated carbocycles. The Morgan fingerprint density at radius 1 is 1.16 bits per heavy atom. The summed E-state index contributed by atoms with van der Waals surface area (Å²) in [5.41, 5.74) is 1.03. The molecule has 1 amide bonds. The number of carbonyl (C=O) groups excluding carboxylic acids is 1. The molecule has 8 nitrogen and oxygen atoms in total. The van der Waals surface area contributed by atoms with E-state index in [4.69, 9.17) is 0 Å². The number of rotatable bonds is 8. The van der Waals surface area contributed by atoms with Crippen molar-refractivity contribution in [2.24, 2.45) is 5.92 Å². The number of fused-ring (bicyclic) bond motifs is 1. The zero-order chi connectivity index (χ0) is 27.0. The highest BCUT2D eigenvalue weighted by Gasteiger charge is 2.37. The fraction of sp³-hybridized carbons (Fsp3) is 0.417. The summed E-state index contributed by atoms with van der Waals surface area (Å²) < 4.78 is 62.4. The van der Waals surface area contributed by atoms with Gasteiger partial charge in [0.2, 0.25) is 5.91 Å². The molecule has 0 bridgehead atoms.